The van der Waals surface area contributed by atoms with Crippen LogP contribution in [0.2, 0.25) is 0 Å². The number of nitrogens with one attached hydrogen (secondary N) is 1. The van der Waals surface area contributed by atoms with Crippen LogP contribution in [0.4, 0.5) is 0 Å². The van der Waals surface area contributed by atoms with E-state index in [4.69, 9.17) is 5.73 Å². The molecule has 0 aliphatic carbocycles. The van der Waals surface area contributed by atoms with E-state index < -0.39 is 0 Å². The molecule has 2 nitrogen and oxygen atoms in total. The van der Waals surface area contributed by atoms with Crippen molar-refractivity contribution in [3.05, 3.63) is 0 Å². The Hall–Kier alpha value is -0.0800. The minimum absolute atomic E-state index is 0.264. The van der Waals surface area contributed by atoms with Crippen LogP contribution in [0.15, 0.2) is 0 Å². The van der Waals surface area contributed by atoms with Crippen molar-refractivity contribution in [1.29, 1.82) is 0 Å². The summed E-state index contributed by atoms with van der Waals surface area (Å²) in [6.07, 6.45) is 1.16. The summed E-state index contributed by atoms with van der Waals surface area (Å²) in [5.74, 6) is 0. The van der Waals surface area contributed by atoms with Crippen LogP contribution in [0, 0.1) is 10.8 Å². The fourth-order valence-corrected chi connectivity index (χ4v) is 1.91. The summed E-state index contributed by atoms with van der Waals surface area (Å²) in [4.78, 5) is 0. The zero-order chi connectivity index (χ0) is 9.83. The fourth-order valence-electron chi connectivity index (χ4n) is 1.91. The van der Waals surface area contributed by atoms with Crippen LogP contribution in [0.1, 0.15) is 34.1 Å². The molecule has 74 valence electrons. The highest BCUT2D eigenvalue weighted by Gasteiger charge is 2.26. The molecule has 3 N–H and O–H groups in total. The van der Waals surface area contributed by atoms with Crippen LogP contribution in [-0.2, 0) is 0 Å². The minimum Gasteiger partial charge on any atom is -0.330 e. The molecular weight excluding hydrogens is 148 g/mol. The van der Waals surface area contributed by atoms with Gasteiger partial charge in [-0.1, -0.05) is 27.7 Å². The van der Waals surface area contributed by atoms with Crippen LogP contribution in [-0.4, -0.2) is 20.1 Å². The first kappa shape index (κ1) is 11.9. The fraction of sp³-hybridized carbons (Fsp3) is 1.00. The van der Waals surface area contributed by atoms with Crippen LogP contribution >= 0.6 is 0 Å². The molecule has 0 unspecified atom stereocenters. The molecule has 0 aromatic heterocycles. The highest BCUT2D eigenvalue weighted by molar-refractivity contribution is 4.80. The number of hydrogen-bond acceptors (Lipinski definition) is 2. The van der Waals surface area contributed by atoms with Gasteiger partial charge in [0, 0.05) is 0 Å². The quantitative estimate of drug-likeness (QED) is 0.661. The number of hydrogen-bond donors (Lipinski definition) is 2. The van der Waals surface area contributed by atoms with E-state index in [-0.39, 0.29) is 5.41 Å². The molecule has 0 amide bonds. The number of nitrogens with two attached hydrogens (primary N) is 1. The Morgan fingerprint density at radius 1 is 1.08 bits per heavy atom. The van der Waals surface area contributed by atoms with Gasteiger partial charge in [0.2, 0.25) is 0 Å². The Bertz CT molecular complexity index is 128. The van der Waals surface area contributed by atoms with Gasteiger partial charge in [0.25, 0.3) is 0 Å². The van der Waals surface area contributed by atoms with Crippen molar-refractivity contribution in [1.82, 2.24) is 5.32 Å². The summed E-state index contributed by atoms with van der Waals surface area (Å²) in [7, 11) is 2.00. The van der Waals surface area contributed by atoms with Crippen molar-refractivity contribution in [2.75, 3.05) is 20.1 Å². The van der Waals surface area contributed by atoms with Crippen molar-refractivity contribution >= 4 is 0 Å². The SMILES string of the molecule is CNCC(C)(C)CC(C)(C)CN. The first-order valence-electron chi connectivity index (χ1n) is 4.68. The maximum absolute atomic E-state index is 5.69. The van der Waals surface area contributed by atoms with Gasteiger partial charge in [0.1, 0.15) is 0 Å². The van der Waals surface area contributed by atoms with Gasteiger partial charge in [-0.3, -0.25) is 0 Å². The van der Waals surface area contributed by atoms with Crippen LogP contribution in [0.5, 0.6) is 0 Å². The standard InChI is InChI=1S/C10H24N2/c1-9(2,7-11)6-10(3,4)8-12-5/h12H,6-8,11H2,1-5H3. The zero-order valence-electron chi connectivity index (χ0n) is 9.20. The van der Waals surface area contributed by atoms with Crippen molar-refractivity contribution in [3.8, 4) is 0 Å². The maximum Gasteiger partial charge on any atom is -0.0000277 e. The van der Waals surface area contributed by atoms with Gasteiger partial charge in [-0.15, -0.1) is 0 Å². The lowest BCUT2D eigenvalue weighted by Gasteiger charge is -2.34. The van der Waals surface area contributed by atoms with Gasteiger partial charge in [0.15, 0.2) is 0 Å². The lowest BCUT2D eigenvalue weighted by molar-refractivity contribution is 0.199. The average molecular weight is 172 g/mol. The van der Waals surface area contributed by atoms with E-state index in [2.05, 4.69) is 33.0 Å². The molecule has 0 aromatic carbocycles. The van der Waals surface area contributed by atoms with E-state index in [0.717, 1.165) is 19.5 Å². The highest BCUT2D eigenvalue weighted by atomic mass is 14.8. The van der Waals surface area contributed by atoms with Gasteiger partial charge in [-0.25, -0.2) is 0 Å². The average Bonchev–Trinajstić information content (AvgIpc) is 1.85. The Morgan fingerprint density at radius 3 is 1.92 bits per heavy atom. The zero-order valence-corrected chi connectivity index (χ0v) is 9.20. The van der Waals surface area contributed by atoms with Gasteiger partial charge in [-0.05, 0) is 37.4 Å². The normalized spacial score (nSPS) is 13.5. The van der Waals surface area contributed by atoms with E-state index in [9.17, 15) is 0 Å². The lowest BCUT2D eigenvalue weighted by Crippen LogP contribution is -2.35. The molecular formula is C10H24N2. The molecule has 0 heterocycles. The van der Waals surface area contributed by atoms with Gasteiger partial charge < -0.3 is 11.1 Å². The summed E-state index contributed by atoms with van der Waals surface area (Å²) in [6.45, 7) is 10.8. The van der Waals surface area contributed by atoms with Crippen LogP contribution < -0.4 is 11.1 Å². The molecule has 0 spiro atoms. The predicted molar refractivity (Wildman–Crippen MR) is 55.2 cm³/mol. The van der Waals surface area contributed by atoms with E-state index in [1.54, 1.807) is 0 Å². The molecule has 0 atom stereocenters. The molecule has 2 heteroatoms. The summed E-state index contributed by atoms with van der Waals surface area (Å²) in [5.41, 5.74) is 6.30. The Balaban J connectivity index is 4.04. The molecule has 0 aliphatic heterocycles. The van der Waals surface area contributed by atoms with Gasteiger partial charge in [-0.2, -0.15) is 0 Å². The minimum atomic E-state index is 0.264. The second-order valence-electron chi connectivity index (χ2n) is 5.24. The smallest absolute Gasteiger partial charge is 0.0000277 e. The van der Waals surface area contributed by atoms with Gasteiger partial charge >= 0.3 is 0 Å². The van der Waals surface area contributed by atoms with Crippen molar-refractivity contribution in [3.63, 3.8) is 0 Å². The monoisotopic (exact) mass is 172 g/mol. The molecule has 0 aromatic rings. The third-order valence-corrected chi connectivity index (χ3v) is 2.17. The first-order chi connectivity index (χ1) is 5.33. The van der Waals surface area contributed by atoms with Crippen molar-refractivity contribution in [2.45, 2.75) is 34.1 Å². The highest BCUT2D eigenvalue weighted by Crippen LogP contribution is 2.31. The largest absolute Gasteiger partial charge is 0.330 e. The van der Waals surface area contributed by atoms with E-state index in [1.165, 1.54) is 0 Å². The molecule has 0 radical (unpaired) electrons. The van der Waals surface area contributed by atoms with Gasteiger partial charge in [0.05, 0.1) is 0 Å². The predicted octanol–water partition coefficient (Wildman–Crippen LogP) is 1.61. The second-order valence-corrected chi connectivity index (χ2v) is 5.24. The summed E-state index contributed by atoms with van der Waals surface area (Å²) < 4.78 is 0. The van der Waals surface area contributed by atoms with E-state index in [0.29, 0.717) is 5.41 Å². The first-order valence-corrected chi connectivity index (χ1v) is 4.68. The van der Waals surface area contributed by atoms with Crippen LogP contribution in [0.25, 0.3) is 0 Å². The Kier molecular flexibility index (Phi) is 4.21. The lowest BCUT2D eigenvalue weighted by atomic mass is 9.75. The third-order valence-electron chi connectivity index (χ3n) is 2.17. The van der Waals surface area contributed by atoms with Crippen LogP contribution in [0.3, 0.4) is 0 Å². The summed E-state index contributed by atoms with van der Waals surface area (Å²) in [5, 5.41) is 3.21. The summed E-state index contributed by atoms with van der Waals surface area (Å²) >= 11 is 0. The van der Waals surface area contributed by atoms with Crippen molar-refractivity contribution in [2.24, 2.45) is 16.6 Å². The Labute approximate surface area is 76.9 Å². The third kappa shape index (κ3) is 4.73. The molecule has 0 fully saturated rings. The summed E-state index contributed by atoms with van der Waals surface area (Å²) in [6, 6.07) is 0. The molecule has 0 aliphatic rings. The number of rotatable bonds is 5. The molecule has 0 rings (SSSR count). The second kappa shape index (κ2) is 4.24. The van der Waals surface area contributed by atoms with E-state index in [1.807, 2.05) is 7.05 Å². The van der Waals surface area contributed by atoms with Crippen molar-refractivity contribution < 1.29 is 0 Å². The van der Waals surface area contributed by atoms with E-state index >= 15 is 0 Å². The molecule has 0 saturated heterocycles. The maximum atomic E-state index is 5.69. The molecule has 0 bridgehead atoms. The molecule has 0 saturated carbocycles. The topological polar surface area (TPSA) is 38.0 Å². The molecule has 12 heavy (non-hydrogen) atoms. The Morgan fingerprint density at radius 2 is 1.58 bits per heavy atom.